The highest BCUT2D eigenvalue weighted by Gasteiger charge is 2.22. The van der Waals surface area contributed by atoms with Crippen LogP contribution in [0.15, 0.2) is 16.3 Å². The molecule has 1 aromatic heterocycles. The molecule has 0 aromatic carbocycles. The number of thiophene rings is 1. The summed E-state index contributed by atoms with van der Waals surface area (Å²) in [5, 5.41) is 8.69. The molecule has 1 heterocycles. The Balaban J connectivity index is 2.71. The Labute approximate surface area is 103 Å². The average molecular weight is 279 g/mol. The fourth-order valence-corrected chi connectivity index (χ4v) is 3.44. The van der Waals surface area contributed by atoms with Gasteiger partial charge >= 0.3 is 5.97 Å². The zero-order chi connectivity index (χ0) is 13.1. The lowest BCUT2D eigenvalue weighted by Crippen LogP contribution is -2.37. The van der Waals surface area contributed by atoms with Gasteiger partial charge in [-0.3, -0.25) is 0 Å². The van der Waals surface area contributed by atoms with Crippen LogP contribution >= 0.6 is 11.3 Å². The average Bonchev–Trinajstić information content (AvgIpc) is 2.66. The van der Waals surface area contributed by atoms with E-state index in [9.17, 15) is 13.2 Å². The lowest BCUT2D eigenvalue weighted by atomic mass is 10.4. The van der Waals surface area contributed by atoms with Crippen molar-refractivity contribution >= 4 is 27.3 Å². The molecule has 17 heavy (non-hydrogen) atoms. The maximum atomic E-state index is 11.7. The number of carboxylic acid groups (broad SMARTS) is 1. The van der Waals surface area contributed by atoms with Crippen LogP contribution in [0.4, 0.5) is 0 Å². The minimum Gasteiger partial charge on any atom is -0.479 e. The molecule has 0 bridgehead atoms. The minimum atomic E-state index is -3.65. The zero-order valence-corrected chi connectivity index (χ0v) is 11.0. The molecule has 0 saturated heterocycles. The van der Waals surface area contributed by atoms with E-state index in [-0.39, 0.29) is 10.8 Å². The molecule has 0 saturated carbocycles. The molecule has 0 aliphatic rings. The van der Waals surface area contributed by atoms with Crippen LogP contribution < -0.4 is 4.72 Å². The number of carbonyl (C=O) groups is 1. The summed E-state index contributed by atoms with van der Waals surface area (Å²) in [7, 11) is -2.44. The highest BCUT2D eigenvalue weighted by Crippen LogP contribution is 2.20. The van der Waals surface area contributed by atoms with Crippen LogP contribution in [0.5, 0.6) is 0 Å². The van der Waals surface area contributed by atoms with Crippen LogP contribution in [0, 0.1) is 6.92 Å². The van der Waals surface area contributed by atoms with Crippen molar-refractivity contribution in [2.24, 2.45) is 0 Å². The Morgan fingerprint density at radius 1 is 1.59 bits per heavy atom. The Kier molecular flexibility index (Phi) is 4.63. The van der Waals surface area contributed by atoms with Gasteiger partial charge in [-0.2, -0.15) is 0 Å². The molecule has 0 aliphatic carbocycles. The smallest absolute Gasteiger partial charge is 0.334 e. The Morgan fingerprint density at radius 2 is 2.24 bits per heavy atom. The number of aryl methyl sites for hydroxylation is 1. The number of hydrogen-bond donors (Lipinski definition) is 2. The van der Waals surface area contributed by atoms with Crippen LogP contribution in [0.3, 0.4) is 0 Å². The first-order chi connectivity index (χ1) is 7.86. The third kappa shape index (κ3) is 3.77. The molecule has 1 atom stereocenters. The van der Waals surface area contributed by atoms with E-state index in [0.717, 1.165) is 16.2 Å². The quantitative estimate of drug-likeness (QED) is 0.788. The number of nitrogens with one attached hydrogen (secondary N) is 1. The van der Waals surface area contributed by atoms with E-state index in [1.807, 2.05) is 0 Å². The fourth-order valence-electron chi connectivity index (χ4n) is 1.08. The van der Waals surface area contributed by atoms with E-state index in [1.165, 1.54) is 13.2 Å². The molecule has 8 heteroatoms. The summed E-state index contributed by atoms with van der Waals surface area (Å²) < 4.78 is 30.5. The molecule has 0 radical (unpaired) electrons. The van der Waals surface area contributed by atoms with Crippen LogP contribution in [-0.2, 0) is 19.6 Å². The van der Waals surface area contributed by atoms with Gasteiger partial charge in [-0.25, -0.2) is 17.9 Å². The van der Waals surface area contributed by atoms with Crippen molar-refractivity contribution in [3.63, 3.8) is 0 Å². The van der Waals surface area contributed by atoms with Gasteiger partial charge in [-0.05, 0) is 19.1 Å². The maximum Gasteiger partial charge on any atom is 0.334 e. The molecular formula is C9H13NO5S2. The van der Waals surface area contributed by atoms with Crippen molar-refractivity contribution in [2.75, 3.05) is 13.7 Å². The first kappa shape index (κ1) is 14.1. The summed E-state index contributed by atoms with van der Waals surface area (Å²) in [4.78, 5) is 11.5. The number of ether oxygens (including phenoxy) is 1. The highest BCUT2D eigenvalue weighted by atomic mass is 32.2. The van der Waals surface area contributed by atoms with E-state index in [4.69, 9.17) is 5.11 Å². The summed E-state index contributed by atoms with van der Waals surface area (Å²) in [5.41, 5.74) is 0. The summed E-state index contributed by atoms with van der Waals surface area (Å²) in [6, 6.07) is 3.16. The maximum absolute atomic E-state index is 11.7. The van der Waals surface area contributed by atoms with Crippen molar-refractivity contribution in [1.82, 2.24) is 4.72 Å². The van der Waals surface area contributed by atoms with Crippen LogP contribution in [-0.4, -0.2) is 39.3 Å². The predicted molar refractivity (Wildman–Crippen MR) is 62.7 cm³/mol. The van der Waals surface area contributed by atoms with Gasteiger partial charge in [-0.15, -0.1) is 11.3 Å². The van der Waals surface area contributed by atoms with Crippen molar-refractivity contribution in [1.29, 1.82) is 0 Å². The molecule has 1 aromatic rings. The van der Waals surface area contributed by atoms with Crippen molar-refractivity contribution < 1.29 is 23.1 Å². The van der Waals surface area contributed by atoms with Gasteiger partial charge in [0.2, 0.25) is 10.0 Å². The first-order valence-corrected chi connectivity index (χ1v) is 6.98. The number of methoxy groups -OCH3 is 1. The third-order valence-corrected chi connectivity index (χ3v) is 4.92. The van der Waals surface area contributed by atoms with Gasteiger partial charge in [0.05, 0.1) is 0 Å². The SMILES string of the molecule is COC(CNS(=O)(=O)c1ccc(C)s1)C(=O)O. The molecule has 6 nitrogen and oxygen atoms in total. The second kappa shape index (κ2) is 5.58. The highest BCUT2D eigenvalue weighted by molar-refractivity contribution is 7.91. The molecule has 0 fully saturated rings. The molecule has 0 amide bonds. The zero-order valence-electron chi connectivity index (χ0n) is 9.34. The van der Waals surface area contributed by atoms with E-state index in [1.54, 1.807) is 13.0 Å². The second-order valence-corrected chi connectivity index (χ2v) is 6.56. The van der Waals surface area contributed by atoms with Gasteiger partial charge in [0.1, 0.15) is 4.21 Å². The molecule has 96 valence electrons. The second-order valence-electron chi connectivity index (χ2n) is 3.28. The Morgan fingerprint density at radius 3 is 2.65 bits per heavy atom. The standard InChI is InChI=1S/C9H13NO5S2/c1-6-3-4-8(16-6)17(13,14)10-5-7(15-2)9(11)12/h3-4,7,10H,5H2,1-2H3,(H,11,12). The number of carboxylic acids is 1. The lowest BCUT2D eigenvalue weighted by molar-refractivity contribution is -0.147. The minimum absolute atomic E-state index is 0.162. The summed E-state index contributed by atoms with van der Waals surface area (Å²) >= 11 is 1.12. The van der Waals surface area contributed by atoms with Crippen molar-refractivity contribution in [2.45, 2.75) is 17.2 Å². The summed E-state index contributed by atoms with van der Waals surface area (Å²) in [6.45, 7) is 1.49. The molecule has 2 N–H and O–H groups in total. The molecule has 0 aliphatic heterocycles. The molecule has 1 unspecified atom stereocenters. The molecule has 1 rings (SSSR count). The van der Waals surface area contributed by atoms with E-state index >= 15 is 0 Å². The van der Waals surface area contributed by atoms with Gasteiger partial charge in [0, 0.05) is 18.5 Å². The number of rotatable bonds is 6. The topological polar surface area (TPSA) is 92.7 Å². The number of sulfonamides is 1. The summed E-state index contributed by atoms with van der Waals surface area (Å²) in [5.74, 6) is -1.21. The van der Waals surface area contributed by atoms with Crippen molar-refractivity contribution in [3.8, 4) is 0 Å². The van der Waals surface area contributed by atoms with Crippen molar-refractivity contribution in [3.05, 3.63) is 17.0 Å². The first-order valence-electron chi connectivity index (χ1n) is 4.68. The molecular weight excluding hydrogens is 266 g/mol. The van der Waals surface area contributed by atoms with Crippen LogP contribution in [0.25, 0.3) is 0 Å². The van der Waals surface area contributed by atoms with Crippen LogP contribution in [0.2, 0.25) is 0 Å². The van der Waals surface area contributed by atoms with E-state index in [2.05, 4.69) is 9.46 Å². The summed E-state index contributed by atoms with van der Waals surface area (Å²) in [6.07, 6.45) is -1.19. The lowest BCUT2D eigenvalue weighted by Gasteiger charge is -2.10. The fraction of sp³-hybridized carbons (Fsp3) is 0.444. The number of aliphatic carboxylic acids is 1. The largest absolute Gasteiger partial charge is 0.479 e. The monoisotopic (exact) mass is 279 g/mol. The Hall–Kier alpha value is -0.960. The van der Waals surface area contributed by atoms with Gasteiger partial charge in [-0.1, -0.05) is 0 Å². The molecule has 0 spiro atoms. The van der Waals surface area contributed by atoms with Gasteiger partial charge in [0.25, 0.3) is 0 Å². The van der Waals surface area contributed by atoms with Gasteiger partial charge in [0.15, 0.2) is 6.10 Å². The van der Waals surface area contributed by atoms with Crippen LogP contribution in [0.1, 0.15) is 4.88 Å². The predicted octanol–water partition coefficient (Wildman–Crippen LogP) is 0.434. The van der Waals surface area contributed by atoms with Gasteiger partial charge < -0.3 is 9.84 Å². The van der Waals surface area contributed by atoms with E-state index < -0.39 is 22.1 Å². The number of hydrogen-bond acceptors (Lipinski definition) is 5. The third-order valence-electron chi connectivity index (χ3n) is 2.00. The normalized spacial score (nSPS) is 13.5. The Bertz CT molecular complexity index is 493. The van der Waals surface area contributed by atoms with E-state index in [0.29, 0.717) is 0 Å².